The summed E-state index contributed by atoms with van der Waals surface area (Å²) in [5.74, 6) is 0.533. The Morgan fingerprint density at radius 2 is 1.90 bits per heavy atom. The predicted octanol–water partition coefficient (Wildman–Crippen LogP) is 3.72. The van der Waals surface area contributed by atoms with Crippen LogP contribution in [0.25, 0.3) is 0 Å². The van der Waals surface area contributed by atoms with Gasteiger partial charge in [-0.15, -0.1) is 0 Å². The molecule has 21 heavy (non-hydrogen) atoms. The van der Waals surface area contributed by atoms with E-state index in [1.807, 2.05) is 43.3 Å². The van der Waals surface area contributed by atoms with Crippen LogP contribution >= 0.6 is 0 Å². The van der Waals surface area contributed by atoms with Gasteiger partial charge in [0.15, 0.2) is 0 Å². The third kappa shape index (κ3) is 4.05. The van der Waals surface area contributed by atoms with Gasteiger partial charge >= 0.3 is 0 Å². The molecule has 2 N–H and O–H groups in total. The third-order valence-electron chi connectivity index (χ3n) is 3.12. The number of benzene rings is 1. The summed E-state index contributed by atoms with van der Waals surface area (Å²) in [6.07, 6.45) is 1.99. The molecule has 1 heterocycles. The first kappa shape index (κ1) is 15.0. The number of aromatic nitrogens is 1. The van der Waals surface area contributed by atoms with E-state index in [9.17, 15) is 4.79 Å². The van der Waals surface area contributed by atoms with Gasteiger partial charge in [-0.2, -0.15) is 0 Å². The van der Waals surface area contributed by atoms with Crippen molar-refractivity contribution in [1.82, 2.24) is 4.98 Å². The molecule has 1 aromatic carbocycles. The maximum atomic E-state index is 12.3. The smallest absolute Gasteiger partial charge is 0.274 e. The topological polar surface area (TPSA) is 54.0 Å². The number of aryl methyl sites for hydroxylation is 1. The van der Waals surface area contributed by atoms with Gasteiger partial charge in [0.05, 0.1) is 0 Å². The van der Waals surface area contributed by atoms with Gasteiger partial charge in [0.2, 0.25) is 0 Å². The minimum absolute atomic E-state index is 0.182. The van der Waals surface area contributed by atoms with Gasteiger partial charge in [-0.25, -0.2) is 4.98 Å². The molecular weight excluding hydrogens is 262 g/mol. The van der Waals surface area contributed by atoms with Gasteiger partial charge in [0.1, 0.15) is 11.5 Å². The molecule has 0 spiro atoms. The number of carbonyl (C=O) groups is 1. The van der Waals surface area contributed by atoms with Crippen molar-refractivity contribution in [1.29, 1.82) is 0 Å². The van der Waals surface area contributed by atoms with Crippen molar-refractivity contribution in [2.75, 3.05) is 17.2 Å². The van der Waals surface area contributed by atoms with Crippen LogP contribution in [0.1, 0.15) is 36.3 Å². The van der Waals surface area contributed by atoms with E-state index < -0.39 is 0 Å². The van der Waals surface area contributed by atoms with E-state index in [2.05, 4.69) is 22.5 Å². The van der Waals surface area contributed by atoms with Crippen LogP contribution in [0.2, 0.25) is 0 Å². The van der Waals surface area contributed by atoms with Crippen molar-refractivity contribution in [3.63, 3.8) is 0 Å². The first-order valence-corrected chi connectivity index (χ1v) is 7.34. The number of carbonyl (C=O) groups excluding carboxylic acids is 1. The van der Waals surface area contributed by atoms with Crippen LogP contribution < -0.4 is 10.6 Å². The number of hydrogen-bond donors (Lipinski definition) is 2. The van der Waals surface area contributed by atoms with Crippen molar-refractivity contribution in [2.45, 2.75) is 26.7 Å². The van der Waals surface area contributed by atoms with E-state index in [0.717, 1.165) is 30.6 Å². The molecule has 0 fully saturated rings. The molecule has 1 aromatic heterocycles. The van der Waals surface area contributed by atoms with Gasteiger partial charge in [0, 0.05) is 12.2 Å². The molecule has 0 aliphatic rings. The molecule has 0 unspecified atom stereocenters. The summed E-state index contributed by atoms with van der Waals surface area (Å²) in [6.45, 7) is 4.90. The molecule has 0 radical (unpaired) electrons. The first-order valence-electron chi connectivity index (χ1n) is 7.34. The predicted molar refractivity (Wildman–Crippen MR) is 86.8 cm³/mol. The molecule has 4 nitrogen and oxygen atoms in total. The Kier molecular flexibility index (Phi) is 5.32. The monoisotopic (exact) mass is 283 g/mol. The number of anilines is 2. The third-order valence-corrected chi connectivity index (χ3v) is 3.12. The Morgan fingerprint density at radius 3 is 2.67 bits per heavy atom. The number of amides is 1. The summed E-state index contributed by atoms with van der Waals surface area (Å²) in [6, 6.07) is 13.3. The quantitative estimate of drug-likeness (QED) is 0.849. The standard InChI is InChI=1S/C17H21N3O/c1-3-8-13-9-5-6-10-14(13)20-17(21)15-11-7-12-16(19-15)18-4-2/h5-7,9-12H,3-4,8H2,1-2H3,(H,18,19)(H,20,21). The molecule has 110 valence electrons. The molecular formula is C17H21N3O. The average molecular weight is 283 g/mol. The molecule has 0 bridgehead atoms. The summed E-state index contributed by atoms with van der Waals surface area (Å²) in [5.41, 5.74) is 2.43. The van der Waals surface area contributed by atoms with Crippen LogP contribution in [0, 0.1) is 0 Å². The van der Waals surface area contributed by atoms with Crippen molar-refractivity contribution < 1.29 is 4.79 Å². The Morgan fingerprint density at radius 1 is 1.10 bits per heavy atom. The lowest BCUT2D eigenvalue weighted by Gasteiger charge is -2.10. The molecule has 0 atom stereocenters. The fourth-order valence-electron chi connectivity index (χ4n) is 2.16. The second-order valence-electron chi connectivity index (χ2n) is 4.80. The zero-order valence-corrected chi connectivity index (χ0v) is 12.5. The van der Waals surface area contributed by atoms with Crippen LogP contribution in [0.4, 0.5) is 11.5 Å². The van der Waals surface area contributed by atoms with Crippen molar-refractivity contribution in [3.8, 4) is 0 Å². The lowest BCUT2D eigenvalue weighted by Crippen LogP contribution is -2.15. The highest BCUT2D eigenvalue weighted by Crippen LogP contribution is 2.17. The lowest BCUT2D eigenvalue weighted by atomic mass is 10.1. The molecule has 0 saturated heterocycles. The highest BCUT2D eigenvalue weighted by molar-refractivity contribution is 6.03. The van der Waals surface area contributed by atoms with E-state index in [-0.39, 0.29) is 5.91 Å². The number of para-hydroxylation sites is 1. The van der Waals surface area contributed by atoms with Gasteiger partial charge in [-0.3, -0.25) is 4.79 Å². The van der Waals surface area contributed by atoms with Crippen LogP contribution in [0.5, 0.6) is 0 Å². The number of nitrogens with zero attached hydrogens (tertiary/aromatic N) is 1. The Hall–Kier alpha value is -2.36. The van der Waals surface area contributed by atoms with Gasteiger partial charge in [0.25, 0.3) is 5.91 Å². The number of rotatable bonds is 6. The molecule has 4 heteroatoms. The number of hydrogen-bond acceptors (Lipinski definition) is 3. The number of nitrogens with one attached hydrogen (secondary N) is 2. The normalized spacial score (nSPS) is 10.2. The summed E-state index contributed by atoms with van der Waals surface area (Å²) in [7, 11) is 0. The molecule has 2 aromatic rings. The SMILES string of the molecule is CCCc1ccccc1NC(=O)c1cccc(NCC)n1. The molecule has 1 amide bonds. The summed E-state index contributed by atoms with van der Waals surface area (Å²) in [5, 5.41) is 6.06. The van der Waals surface area contributed by atoms with E-state index in [1.165, 1.54) is 0 Å². The molecule has 0 aliphatic carbocycles. The first-order chi connectivity index (χ1) is 10.2. The van der Waals surface area contributed by atoms with Crippen molar-refractivity contribution in [2.24, 2.45) is 0 Å². The van der Waals surface area contributed by atoms with Crippen LogP contribution in [-0.4, -0.2) is 17.4 Å². The second kappa shape index (κ2) is 7.43. The summed E-state index contributed by atoms with van der Waals surface area (Å²) < 4.78 is 0. The van der Waals surface area contributed by atoms with Gasteiger partial charge in [-0.05, 0) is 37.1 Å². The van der Waals surface area contributed by atoms with E-state index in [4.69, 9.17) is 0 Å². The maximum Gasteiger partial charge on any atom is 0.274 e. The van der Waals surface area contributed by atoms with E-state index >= 15 is 0 Å². The second-order valence-corrected chi connectivity index (χ2v) is 4.80. The zero-order chi connectivity index (χ0) is 15.1. The van der Waals surface area contributed by atoms with Crippen molar-refractivity contribution >= 4 is 17.4 Å². The highest BCUT2D eigenvalue weighted by atomic mass is 16.1. The minimum atomic E-state index is -0.182. The van der Waals surface area contributed by atoms with Crippen LogP contribution in [0.3, 0.4) is 0 Å². The molecule has 0 saturated carbocycles. The maximum absolute atomic E-state index is 12.3. The van der Waals surface area contributed by atoms with Gasteiger partial charge < -0.3 is 10.6 Å². The Bertz CT molecular complexity index is 610. The minimum Gasteiger partial charge on any atom is -0.370 e. The highest BCUT2D eigenvalue weighted by Gasteiger charge is 2.10. The van der Waals surface area contributed by atoms with Crippen LogP contribution in [-0.2, 0) is 6.42 Å². The van der Waals surface area contributed by atoms with Crippen LogP contribution in [0.15, 0.2) is 42.5 Å². The largest absolute Gasteiger partial charge is 0.370 e. The zero-order valence-electron chi connectivity index (χ0n) is 12.5. The Balaban J connectivity index is 2.16. The lowest BCUT2D eigenvalue weighted by molar-refractivity contribution is 0.102. The van der Waals surface area contributed by atoms with E-state index in [0.29, 0.717) is 11.5 Å². The van der Waals surface area contributed by atoms with E-state index in [1.54, 1.807) is 6.07 Å². The summed E-state index contributed by atoms with van der Waals surface area (Å²) in [4.78, 5) is 16.6. The molecule has 0 aliphatic heterocycles. The fourth-order valence-corrected chi connectivity index (χ4v) is 2.16. The fraction of sp³-hybridized carbons (Fsp3) is 0.294. The average Bonchev–Trinajstić information content (AvgIpc) is 2.50. The Labute approximate surface area is 125 Å². The van der Waals surface area contributed by atoms with Gasteiger partial charge in [-0.1, -0.05) is 37.6 Å². The number of pyridine rings is 1. The molecule has 2 rings (SSSR count). The van der Waals surface area contributed by atoms with Crippen molar-refractivity contribution in [3.05, 3.63) is 53.7 Å². The summed E-state index contributed by atoms with van der Waals surface area (Å²) >= 11 is 0.